The Morgan fingerprint density at radius 3 is 0.673 bits per heavy atom. The summed E-state index contributed by atoms with van der Waals surface area (Å²) in [4.78, 5) is 72.9. The minimum absolute atomic E-state index is 0.104. The molecule has 0 aliphatic carbocycles. The number of esters is 4. The molecule has 19 heteroatoms. The van der Waals surface area contributed by atoms with Gasteiger partial charge in [-0.05, 0) is 31.6 Å². The van der Waals surface area contributed by atoms with Gasteiger partial charge in [-0.3, -0.25) is 37.3 Å². The smallest absolute Gasteiger partial charge is 0.462 e. The summed E-state index contributed by atoms with van der Waals surface area (Å²) in [6.07, 6.45) is 67.1. The molecule has 0 saturated heterocycles. The summed E-state index contributed by atoms with van der Waals surface area (Å²) in [7, 11) is -9.91. The number of unbranched alkanes of at least 4 members (excludes halogenated alkanes) is 54. The van der Waals surface area contributed by atoms with Crippen molar-refractivity contribution in [3.05, 3.63) is 0 Å². The third-order valence-corrected chi connectivity index (χ3v) is 21.2. The van der Waals surface area contributed by atoms with Gasteiger partial charge in [-0.25, -0.2) is 9.13 Å². The Kier molecular flexibility index (Phi) is 73.5. The Labute approximate surface area is 619 Å². The fourth-order valence-corrected chi connectivity index (χ4v) is 14.3. The van der Waals surface area contributed by atoms with E-state index in [2.05, 4.69) is 34.6 Å². The van der Waals surface area contributed by atoms with E-state index in [9.17, 15) is 43.2 Å². The van der Waals surface area contributed by atoms with Crippen LogP contribution in [0.4, 0.5) is 0 Å². The Bertz CT molecular complexity index is 1930. The SMILES string of the molecule is CCCCCCCCCCCCCCCCCCCCCCCCC(=O)O[C@H](COC(=O)CCCCCCCCCCCCCCCCCCCCCC)COP(=O)(O)OC[C@@H](O)COP(=O)(O)OC[C@@H](COC(=O)CCCCCCCCCCC)OC(=O)CCCCCCCCCC(C)C. The lowest BCUT2D eigenvalue weighted by Gasteiger charge is -2.21. The zero-order valence-corrected chi connectivity index (χ0v) is 67.8. The van der Waals surface area contributed by atoms with Gasteiger partial charge in [0.15, 0.2) is 12.2 Å². The highest BCUT2D eigenvalue weighted by Crippen LogP contribution is 2.45. The summed E-state index contributed by atoms with van der Waals surface area (Å²) in [6, 6.07) is 0. The van der Waals surface area contributed by atoms with Gasteiger partial charge < -0.3 is 33.8 Å². The van der Waals surface area contributed by atoms with Gasteiger partial charge in [0.1, 0.15) is 19.3 Å². The Balaban J connectivity index is 5.16. The molecular weight excluding hydrogens is 1320 g/mol. The van der Waals surface area contributed by atoms with E-state index in [1.807, 2.05) is 0 Å². The molecule has 0 aliphatic heterocycles. The largest absolute Gasteiger partial charge is 0.472 e. The summed E-state index contributed by atoms with van der Waals surface area (Å²) < 4.78 is 68.6. The van der Waals surface area contributed by atoms with Crippen molar-refractivity contribution in [2.75, 3.05) is 39.6 Å². The van der Waals surface area contributed by atoms with Crippen LogP contribution in [0.15, 0.2) is 0 Å². The van der Waals surface area contributed by atoms with Crippen LogP contribution in [0, 0.1) is 5.92 Å². The van der Waals surface area contributed by atoms with Gasteiger partial charge in [-0.1, -0.05) is 388 Å². The van der Waals surface area contributed by atoms with Crippen molar-refractivity contribution in [1.29, 1.82) is 0 Å². The average Bonchev–Trinajstić information content (AvgIpc) is 0.971. The summed E-state index contributed by atoms with van der Waals surface area (Å²) in [5, 5.41) is 10.6. The van der Waals surface area contributed by atoms with Crippen molar-refractivity contribution in [3.63, 3.8) is 0 Å². The molecule has 0 aromatic rings. The third kappa shape index (κ3) is 76.1. The van der Waals surface area contributed by atoms with E-state index in [0.29, 0.717) is 31.6 Å². The molecule has 0 amide bonds. The van der Waals surface area contributed by atoms with E-state index in [1.165, 1.54) is 263 Å². The first-order chi connectivity index (χ1) is 49.0. The molecule has 0 bridgehead atoms. The van der Waals surface area contributed by atoms with Crippen molar-refractivity contribution in [2.45, 2.75) is 457 Å². The fourth-order valence-electron chi connectivity index (χ4n) is 12.8. The van der Waals surface area contributed by atoms with Crippen LogP contribution in [-0.4, -0.2) is 96.7 Å². The molecular formula is C82H160O17P2. The molecule has 0 aromatic carbocycles. The van der Waals surface area contributed by atoms with Crippen LogP contribution >= 0.6 is 15.6 Å². The van der Waals surface area contributed by atoms with Crippen LogP contribution < -0.4 is 0 Å². The quantitative estimate of drug-likeness (QED) is 0.0222. The highest BCUT2D eigenvalue weighted by atomic mass is 31.2. The number of rotatable bonds is 82. The molecule has 0 fully saturated rings. The second-order valence-corrected chi connectivity index (χ2v) is 32.9. The lowest BCUT2D eigenvalue weighted by molar-refractivity contribution is -0.161. The molecule has 101 heavy (non-hydrogen) atoms. The molecule has 0 aromatic heterocycles. The normalized spacial score (nSPS) is 13.8. The maximum Gasteiger partial charge on any atom is 0.472 e. The monoisotopic (exact) mass is 1480 g/mol. The van der Waals surface area contributed by atoms with E-state index >= 15 is 0 Å². The number of carbonyl (C=O) groups is 4. The standard InChI is InChI=1S/C82H160O17P2/c1-6-9-12-15-18-21-23-25-27-29-31-33-34-36-38-40-42-44-47-52-57-62-67-81(86)98-77(71-93-80(85)66-61-56-51-46-43-41-39-37-35-32-30-28-26-24-22-19-16-13-10-7-2)73-96-100(88,89)94-69-76(83)70-95-101(90,91)97-74-78(72-92-79(84)65-60-55-50-45-20-17-14-11-8-3)99-82(87)68-63-58-53-48-49-54-59-64-75(4)5/h75-78,83H,6-74H2,1-5H3,(H,88,89)(H,90,91)/t76-,77-,78-/m1/s1. The van der Waals surface area contributed by atoms with Gasteiger partial charge in [0.05, 0.1) is 26.4 Å². The van der Waals surface area contributed by atoms with Crippen LogP contribution in [0.3, 0.4) is 0 Å². The molecule has 17 nitrogen and oxygen atoms in total. The predicted octanol–water partition coefficient (Wildman–Crippen LogP) is 24.8. The van der Waals surface area contributed by atoms with E-state index in [1.54, 1.807) is 0 Å². The van der Waals surface area contributed by atoms with Crippen LogP contribution in [0.1, 0.15) is 439 Å². The maximum atomic E-state index is 13.1. The highest BCUT2D eigenvalue weighted by Gasteiger charge is 2.30. The molecule has 0 saturated carbocycles. The van der Waals surface area contributed by atoms with E-state index in [-0.39, 0.29) is 25.7 Å². The van der Waals surface area contributed by atoms with Crippen molar-refractivity contribution >= 4 is 39.5 Å². The van der Waals surface area contributed by atoms with Crippen LogP contribution in [-0.2, 0) is 65.4 Å². The fraction of sp³-hybridized carbons (Fsp3) is 0.951. The summed E-state index contributed by atoms with van der Waals surface area (Å²) >= 11 is 0. The number of hydrogen-bond acceptors (Lipinski definition) is 15. The molecule has 0 spiro atoms. The number of aliphatic hydroxyl groups excluding tert-OH is 1. The molecule has 600 valence electrons. The third-order valence-electron chi connectivity index (χ3n) is 19.3. The van der Waals surface area contributed by atoms with Gasteiger partial charge in [0, 0.05) is 25.7 Å². The molecule has 2 unspecified atom stereocenters. The Morgan fingerprint density at radius 1 is 0.267 bits per heavy atom. The summed E-state index contributed by atoms with van der Waals surface area (Å²) in [5.74, 6) is -1.42. The van der Waals surface area contributed by atoms with Crippen molar-refractivity contribution in [2.24, 2.45) is 5.92 Å². The molecule has 0 heterocycles. The van der Waals surface area contributed by atoms with Crippen molar-refractivity contribution in [1.82, 2.24) is 0 Å². The molecule has 0 aliphatic rings. The molecule has 3 N–H and O–H groups in total. The summed E-state index contributed by atoms with van der Waals surface area (Å²) in [5.41, 5.74) is 0. The number of phosphoric acid groups is 2. The lowest BCUT2D eigenvalue weighted by atomic mass is 10.0. The van der Waals surface area contributed by atoms with Gasteiger partial charge in [-0.2, -0.15) is 0 Å². The summed E-state index contributed by atoms with van der Waals surface area (Å²) in [6.45, 7) is 7.24. The van der Waals surface area contributed by atoms with E-state index < -0.39 is 97.5 Å². The first-order valence-corrected chi connectivity index (χ1v) is 45.6. The number of ether oxygens (including phenoxy) is 4. The zero-order chi connectivity index (χ0) is 74.1. The first kappa shape index (κ1) is 99.1. The molecule has 5 atom stereocenters. The van der Waals surface area contributed by atoms with E-state index in [4.69, 9.17) is 37.0 Å². The van der Waals surface area contributed by atoms with Gasteiger partial charge in [0.25, 0.3) is 0 Å². The number of hydrogen-bond donors (Lipinski definition) is 3. The second-order valence-electron chi connectivity index (χ2n) is 30.0. The predicted molar refractivity (Wildman–Crippen MR) is 414 cm³/mol. The van der Waals surface area contributed by atoms with Crippen LogP contribution in [0.25, 0.3) is 0 Å². The second kappa shape index (κ2) is 74.9. The minimum Gasteiger partial charge on any atom is -0.462 e. The first-order valence-electron chi connectivity index (χ1n) is 42.6. The Morgan fingerprint density at radius 2 is 0.455 bits per heavy atom. The lowest BCUT2D eigenvalue weighted by Crippen LogP contribution is -2.30. The molecule has 0 rings (SSSR count). The topological polar surface area (TPSA) is 237 Å². The average molecular weight is 1480 g/mol. The van der Waals surface area contributed by atoms with E-state index in [0.717, 1.165) is 89.9 Å². The van der Waals surface area contributed by atoms with Crippen molar-refractivity contribution < 1.29 is 80.2 Å². The molecule has 0 radical (unpaired) electrons. The van der Waals surface area contributed by atoms with Crippen LogP contribution in [0.2, 0.25) is 0 Å². The van der Waals surface area contributed by atoms with Gasteiger partial charge >= 0.3 is 39.5 Å². The van der Waals surface area contributed by atoms with Gasteiger partial charge in [-0.15, -0.1) is 0 Å². The number of aliphatic hydroxyl groups is 1. The zero-order valence-electron chi connectivity index (χ0n) is 66.1. The Hall–Kier alpha value is -1.94. The van der Waals surface area contributed by atoms with Crippen LogP contribution in [0.5, 0.6) is 0 Å². The van der Waals surface area contributed by atoms with Gasteiger partial charge in [0.2, 0.25) is 0 Å². The minimum atomic E-state index is -4.96. The number of phosphoric ester groups is 2. The highest BCUT2D eigenvalue weighted by molar-refractivity contribution is 7.47. The van der Waals surface area contributed by atoms with Crippen molar-refractivity contribution in [3.8, 4) is 0 Å². The maximum absolute atomic E-state index is 13.1. The number of carbonyl (C=O) groups excluding carboxylic acids is 4.